The molecule has 2 atom stereocenters. The zero-order valence-electron chi connectivity index (χ0n) is 23.0. The van der Waals surface area contributed by atoms with Crippen molar-refractivity contribution in [1.82, 2.24) is 9.80 Å². The quantitative estimate of drug-likeness (QED) is 0.103. The molecule has 1 aromatic rings. The lowest BCUT2D eigenvalue weighted by Gasteiger charge is -2.33. The molecule has 1 aliphatic rings. The van der Waals surface area contributed by atoms with Crippen molar-refractivity contribution in [1.29, 1.82) is 0 Å². The summed E-state index contributed by atoms with van der Waals surface area (Å²) < 4.78 is 10.9. The number of nitrogens with zero attached hydrogens (tertiary/aromatic N) is 3. The molecule has 1 N–H and O–H groups in total. The Bertz CT molecular complexity index is 1040. The molecule has 1 saturated heterocycles. The Labute approximate surface area is 221 Å². The third kappa shape index (κ3) is 7.24. The number of amides is 2. The van der Waals surface area contributed by atoms with Crippen LogP contribution in [0.2, 0.25) is 0 Å². The lowest BCUT2D eigenvalue weighted by molar-refractivity contribution is -0.134. The van der Waals surface area contributed by atoms with Crippen LogP contribution in [-0.2, 0) is 19.1 Å². The maximum Gasteiger partial charge on any atom is 0.267 e. The molecule has 0 bridgehead atoms. The zero-order chi connectivity index (χ0) is 27.5. The van der Waals surface area contributed by atoms with Gasteiger partial charge in [-0.25, -0.2) is 4.99 Å². The summed E-state index contributed by atoms with van der Waals surface area (Å²) >= 11 is 0. The van der Waals surface area contributed by atoms with Gasteiger partial charge >= 0.3 is 0 Å². The minimum Gasteiger partial charge on any atom is -0.512 e. The first-order valence-electron chi connectivity index (χ1n) is 12.8. The summed E-state index contributed by atoms with van der Waals surface area (Å²) in [5.74, 6) is -1.04. The normalized spacial score (nSPS) is 17.7. The average molecular weight is 512 g/mol. The molecule has 8 heteroatoms. The van der Waals surface area contributed by atoms with Gasteiger partial charge in [-0.05, 0) is 39.2 Å². The number of carbonyl (C=O) groups excluding carboxylic acids is 2. The van der Waals surface area contributed by atoms with Gasteiger partial charge in [-0.3, -0.25) is 14.5 Å². The van der Waals surface area contributed by atoms with Gasteiger partial charge in [0.25, 0.3) is 11.8 Å². The summed E-state index contributed by atoms with van der Waals surface area (Å²) in [7, 11) is 2.88. The van der Waals surface area contributed by atoms with Crippen molar-refractivity contribution in [3.05, 3.63) is 71.1 Å². The van der Waals surface area contributed by atoms with E-state index < -0.39 is 11.8 Å². The minimum absolute atomic E-state index is 0.124. The maximum atomic E-state index is 14.1. The van der Waals surface area contributed by atoms with Gasteiger partial charge in [0.1, 0.15) is 22.8 Å². The van der Waals surface area contributed by atoms with E-state index in [-0.39, 0.29) is 40.6 Å². The van der Waals surface area contributed by atoms with Gasteiger partial charge in [-0.2, -0.15) is 0 Å². The van der Waals surface area contributed by atoms with E-state index in [0.29, 0.717) is 19.5 Å². The van der Waals surface area contributed by atoms with E-state index in [4.69, 9.17) is 9.47 Å². The number of hydrogen-bond acceptors (Lipinski definition) is 6. The van der Waals surface area contributed by atoms with Crippen molar-refractivity contribution < 1.29 is 24.2 Å². The molecule has 2 rings (SSSR count). The van der Waals surface area contributed by atoms with E-state index in [1.54, 1.807) is 11.8 Å². The first-order chi connectivity index (χ1) is 17.7. The van der Waals surface area contributed by atoms with Crippen LogP contribution >= 0.6 is 0 Å². The van der Waals surface area contributed by atoms with E-state index in [2.05, 4.69) is 18.5 Å². The summed E-state index contributed by atoms with van der Waals surface area (Å²) in [6.07, 6.45) is 4.75. The number of aliphatic hydroxyl groups excluding tert-OH is 1. The first-order valence-corrected chi connectivity index (χ1v) is 12.8. The summed E-state index contributed by atoms with van der Waals surface area (Å²) in [5.41, 5.74) is 1.08. The molecular weight excluding hydrogens is 470 g/mol. The second kappa shape index (κ2) is 14.3. The Morgan fingerprint density at radius 3 is 2.49 bits per heavy atom. The molecule has 1 aromatic carbocycles. The molecular formula is C29H41N3O5. The Balaban J connectivity index is 2.52. The Hall–Kier alpha value is -3.55. The molecule has 2 amide bonds. The second-order valence-electron chi connectivity index (χ2n) is 9.15. The van der Waals surface area contributed by atoms with Crippen LogP contribution in [0.3, 0.4) is 0 Å². The SMILES string of the molecule is C=C(OC)/C(=C(\N=CC)OC)N(C(=O)C(C(=O)N1CCC(c2ccccc2)C1)=C(C)O)C(C)CCCC. The fraction of sp³-hybridized carbons (Fsp3) is 0.483. The molecule has 0 aliphatic carbocycles. The van der Waals surface area contributed by atoms with E-state index in [1.165, 1.54) is 32.3 Å². The number of rotatable bonds is 12. The van der Waals surface area contributed by atoms with Crippen molar-refractivity contribution >= 4 is 18.0 Å². The summed E-state index contributed by atoms with van der Waals surface area (Å²) in [6, 6.07) is 9.64. The third-order valence-electron chi connectivity index (χ3n) is 6.56. The van der Waals surface area contributed by atoms with Crippen LogP contribution in [0.1, 0.15) is 64.9 Å². The molecule has 0 saturated carbocycles. The number of methoxy groups -OCH3 is 2. The van der Waals surface area contributed by atoms with E-state index in [1.807, 2.05) is 37.3 Å². The van der Waals surface area contributed by atoms with Gasteiger partial charge in [0, 0.05) is 31.3 Å². The Morgan fingerprint density at radius 1 is 1.27 bits per heavy atom. The topological polar surface area (TPSA) is 91.7 Å². The van der Waals surface area contributed by atoms with E-state index in [9.17, 15) is 14.7 Å². The monoisotopic (exact) mass is 511 g/mol. The highest BCUT2D eigenvalue weighted by atomic mass is 16.5. The molecule has 0 aromatic heterocycles. The Kier molecular flexibility index (Phi) is 11.4. The van der Waals surface area contributed by atoms with E-state index in [0.717, 1.165) is 24.8 Å². The second-order valence-corrected chi connectivity index (χ2v) is 9.15. The van der Waals surface area contributed by atoms with Gasteiger partial charge in [0.05, 0.1) is 14.2 Å². The van der Waals surface area contributed by atoms with Crippen molar-refractivity contribution in [2.75, 3.05) is 27.3 Å². The van der Waals surface area contributed by atoms with Crippen LogP contribution in [0.25, 0.3) is 0 Å². The molecule has 1 aliphatic heterocycles. The van der Waals surface area contributed by atoms with E-state index >= 15 is 0 Å². The number of carbonyl (C=O) groups is 2. The zero-order valence-corrected chi connectivity index (χ0v) is 23.0. The summed E-state index contributed by atoms with van der Waals surface area (Å²) in [4.78, 5) is 35.2. The minimum atomic E-state index is -0.647. The van der Waals surface area contributed by atoms with Gasteiger partial charge in [0.2, 0.25) is 5.88 Å². The fourth-order valence-electron chi connectivity index (χ4n) is 4.55. The summed E-state index contributed by atoms with van der Waals surface area (Å²) in [6.45, 7) is 12.0. The molecule has 0 spiro atoms. The number of allylic oxidation sites excluding steroid dienone is 1. The number of ether oxygens (including phenoxy) is 2. The maximum absolute atomic E-state index is 14.1. The van der Waals surface area contributed by atoms with Crippen LogP contribution in [-0.4, -0.2) is 66.3 Å². The van der Waals surface area contributed by atoms with Crippen LogP contribution < -0.4 is 0 Å². The predicted molar refractivity (Wildman–Crippen MR) is 146 cm³/mol. The van der Waals surface area contributed by atoms with Crippen LogP contribution in [0.5, 0.6) is 0 Å². The van der Waals surface area contributed by atoms with Gasteiger partial charge < -0.3 is 19.5 Å². The van der Waals surface area contributed by atoms with Crippen molar-refractivity contribution in [2.24, 2.45) is 4.99 Å². The number of likely N-dealkylation sites (tertiary alicyclic amines) is 1. The molecule has 0 radical (unpaired) electrons. The molecule has 37 heavy (non-hydrogen) atoms. The molecule has 1 fully saturated rings. The third-order valence-corrected chi connectivity index (χ3v) is 6.56. The van der Waals surface area contributed by atoms with Crippen LogP contribution in [0.4, 0.5) is 0 Å². The van der Waals surface area contributed by atoms with Crippen molar-refractivity contribution in [3.8, 4) is 0 Å². The van der Waals surface area contributed by atoms with Crippen LogP contribution in [0, 0.1) is 0 Å². The average Bonchev–Trinajstić information content (AvgIpc) is 3.39. The lowest BCUT2D eigenvalue weighted by atomic mass is 9.99. The fourth-order valence-corrected chi connectivity index (χ4v) is 4.55. The number of unbranched alkanes of at least 4 members (excludes halogenated alkanes) is 1. The van der Waals surface area contributed by atoms with Crippen LogP contribution in [0.15, 0.2) is 70.6 Å². The largest absolute Gasteiger partial charge is 0.512 e. The van der Waals surface area contributed by atoms with Crippen molar-refractivity contribution in [2.45, 2.75) is 65.3 Å². The van der Waals surface area contributed by atoms with Gasteiger partial charge in [0.15, 0.2) is 0 Å². The lowest BCUT2D eigenvalue weighted by Crippen LogP contribution is -2.44. The highest BCUT2D eigenvalue weighted by molar-refractivity contribution is 6.19. The van der Waals surface area contributed by atoms with Gasteiger partial charge in [-0.15, -0.1) is 0 Å². The molecule has 8 nitrogen and oxygen atoms in total. The number of aliphatic hydroxyl groups is 1. The standard InChI is InChI=1S/C29H41N3O5/c1-8-10-14-20(3)32(26(22(5)36-6)27(37-7)30-9-2)29(35)25(21(4)33)28(34)31-18-17-24(19-31)23-15-12-11-13-16-23/h9,11-13,15-16,20,24,33H,5,8,10,14,17-19H2,1-4,6-7H3/b25-21?,27-26-,30-9?. The molecule has 2 unspecified atom stereocenters. The summed E-state index contributed by atoms with van der Waals surface area (Å²) in [5, 5.41) is 10.6. The highest BCUT2D eigenvalue weighted by Gasteiger charge is 2.38. The number of hydrogen-bond donors (Lipinski definition) is 1. The smallest absolute Gasteiger partial charge is 0.267 e. The predicted octanol–water partition coefficient (Wildman–Crippen LogP) is 5.31. The van der Waals surface area contributed by atoms with Crippen molar-refractivity contribution in [3.63, 3.8) is 0 Å². The number of aliphatic imine (C=N–C) groups is 1. The van der Waals surface area contributed by atoms with Gasteiger partial charge in [-0.1, -0.05) is 56.7 Å². The molecule has 202 valence electrons. The Morgan fingerprint density at radius 2 is 1.95 bits per heavy atom. The first kappa shape index (κ1) is 29.7. The number of benzene rings is 1. The highest BCUT2D eigenvalue weighted by Crippen LogP contribution is 2.31. The molecule has 1 heterocycles.